The van der Waals surface area contributed by atoms with E-state index in [-0.39, 0.29) is 5.91 Å². The van der Waals surface area contributed by atoms with Crippen molar-refractivity contribution in [2.75, 3.05) is 0 Å². The number of carbonyl (C=O) groups is 1. The van der Waals surface area contributed by atoms with Gasteiger partial charge in [-0.05, 0) is 31.5 Å². The van der Waals surface area contributed by atoms with Crippen LogP contribution in [0.1, 0.15) is 121 Å². The van der Waals surface area contributed by atoms with E-state index in [1.54, 1.807) is 6.21 Å². The predicted molar refractivity (Wildman–Crippen MR) is 169 cm³/mol. The van der Waals surface area contributed by atoms with Gasteiger partial charge in [0, 0.05) is 23.7 Å². The molecule has 1 N–H and O–H groups in total. The molecule has 216 valence electrons. The van der Waals surface area contributed by atoms with Crippen molar-refractivity contribution in [2.24, 2.45) is 5.10 Å². The van der Waals surface area contributed by atoms with Gasteiger partial charge in [-0.1, -0.05) is 139 Å². The van der Waals surface area contributed by atoms with E-state index in [9.17, 15) is 4.79 Å². The maximum absolute atomic E-state index is 12.3. The van der Waals surface area contributed by atoms with Gasteiger partial charge in [-0.2, -0.15) is 10.2 Å². The number of amides is 1. The molecule has 0 aliphatic carbocycles. The molecule has 0 spiro atoms. The van der Waals surface area contributed by atoms with E-state index < -0.39 is 0 Å². The Balaban J connectivity index is 1.32. The standard InChI is InChI=1S/C35H50N4O/c1-3-4-5-6-7-8-9-10-11-12-13-14-15-16-20-26-34(40)37-36-28-32-29-39(33-24-18-17-19-25-33)38-35(32)31-23-21-22-30(2)27-31/h17-19,21-25,27-29H,3-16,20,26H2,1-2H3,(H,37,40)/b36-28+. The summed E-state index contributed by atoms with van der Waals surface area (Å²) in [5, 5.41) is 9.09. The molecule has 0 saturated carbocycles. The first-order valence-electron chi connectivity index (χ1n) is 15.7. The highest BCUT2D eigenvalue weighted by Crippen LogP contribution is 2.23. The Morgan fingerprint density at radius 1 is 0.800 bits per heavy atom. The fourth-order valence-corrected chi connectivity index (χ4v) is 5.10. The number of hydrazone groups is 1. The number of hydrogen-bond acceptors (Lipinski definition) is 3. The predicted octanol–water partition coefficient (Wildman–Crippen LogP) is 9.56. The number of aromatic nitrogens is 2. The van der Waals surface area contributed by atoms with Crippen LogP contribution in [0.4, 0.5) is 0 Å². The van der Waals surface area contributed by atoms with Gasteiger partial charge in [-0.3, -0.25) is 4.79 Å². The Morgan fingerprint density at radius 3 is 2.00 bits per heavy atom. The maximum Gasteiger partial charge on any atom is 0.240 e. The van der Waals surface area contributed by atoms with Gasteiger partial charge in [0.2, 0.25) is 5.91 Å². The Bertz CT molecular complexity index is 1140. The molecule has 0 fully saturated rings. The summed E-state index contributed by atoms with van der Waals surface area (Å²) in [5.41, 5.74) is 7.60. The highest BCUT2D eigenvalue weighted by Gasteiger charge is 2.11. The molecule has 3 aromatic rings. The molecule has 3 rings (SSSR count). The number of unbranched alkanes of at least 4 members (excludes halogenated alkanes) is 14. The molecule has 1 amide bonds. The minimum absolute atomic E-state index is 0.0292. The molecule has 1 aromatic heterocycles. The lowest BCUT2D eigenvalue weighted by molar-refractivity contribution is -0.121. The molecule has 5 heteroatoms. The van der Waals surface area contributed by atoms with Crippen LogP contribution in [0.5, 0.6) is 0 Å². The quantitative estimate of drug-likeness (QED) is 0.0878. The summed E-state index contributed by atoms with van der Waals surface area (Å²) < 4.78 is 1.86. The number of nitrogens with zero attached hydrogens (tertiary/aromatic N) is 3. The maximum atomic E-state index is 12.3. The van der Waals surface area contributed by atoms with Gasteiger partial charge in [-0.15, -0.1) is 0 Å². The number of aryl methyl sites for hydroxylation is 1. The average Bonchev–Trinajstić information content (AvgIpc) is 3.40. The van der Waals surface area contributed by atoms with Crippen LogP contribution in [0.25, 0.3) is 16.9 Å². The van der Waals surface area contributed by atoms with Crippen molar-refractivity contribution in [3.05, 3.63) is 71.9 Å². The third-order valence-electron chi connectivity index (χ3n) is 7.46. The van der Waals surface area contributed by atoms with Crippen molar-refractivity contribution >= 4 is 12.1 Å². The van der Waals surface area contributed by atoms with Gasteiger partial charge < -0.3 is 0 Å². The second-order valence-corrected chi connectivity index (χ2v) is 11.1. The lowest BCUT2D eigenvalue weighted by Crippen LogP contribution is -2.16. The molecular formula is C35H50N4O. The third-order valence-corrected chi connectivity index (χ3v) is 7.46. The zero-order valence-electron chi connectivity index (χ0n) is 24.9. The van der Waals surface area contributed by atoms with Crippen LogP contribution in [0.15, 0.2) is 65.9 Å². The molecule has 5 nitrogen and oxygen atoms in total. The van der Waals surface area contributed by atoms with Crippen LogP contribution in [0.3, 0.4) is 0 Å². The normalized spacial score (nSPS) is 11.3. The van der Waals surface area contributed by atoms with E-state index in [2.05, 4.69) is 42.6 Å². The molecular weight excluding hydrogens is 492 g/mol. The molecule has 40 heavy (non-hydrogen) atoms. The summed E-state index contributed by atoms with van der Waals surface area (Å²) in [6.45, 7) is 4.35. The molecule has 0 unspecified atom stereocenters. The van der Waals surface area contributed by atoms with Gasteiger partial charge in [-0.25, -0.2) is 10.1 Å². The number of nitrogens with one attached hydrogen (secondary N) is 1. The zero-order valence-corrected chi connectivity index (χ0v) is 24.9. The lowest BCUT2D eigenvalue weighted by Gasteiger charge is -2.03. The average molecular weight is 543 g/mol. The lowest BCUT2D eigenvalue weighted by atomic mass is 10.0. The Hall–Kier alpha value is -3.21. The molecule has 0 aliphatic heterocycles. The van der Waals surface area contributed by atoms with Crippen LogP contribution in [0, 0.1) is 6.92 Å². The summed E-state index contributed by atoms with van der Waals surface area (Å²) in [5.74, 6) is -0.0292. The van der Waals surface area contributed by atoms with E-state index >= 15 is 0 Å². The molecule has 1 heterocycles. The monoisotopic (exact) mass is 542 g/mol. The second kappa shape index (κ2) is 19.0. The van der Waals surface area contributed by atoms with E-state index in [0.717, 1.165) is 35.3 Å². The third kappa shape index (κ3) is 11.9. The van der Waals surface area contributed by atoms with Crippen molar-refractivity contribution in [3.8, 4) is 16.9 Å². The first-order valence-corrected chi connectivity index (χ1v) is 15.7. The van der Waals surface area contributed by atoms with E-state index in [1.165, 1.54) is 89.0 Å². The van der Waals surface area contributed by atoms with Gasteiger partial charge in [0.25, 0.3) is 0 Å². The highest BCUT2D eigenvalue weighted by atomic mass is 16.2. The van der Waals surface area contributed by atoms with Crippen LogP contribution in [-0.4, -0.2) is 21.9 Å². The van der Waals surface area contributed by atoms with E-state index in [4.69, 9.17) is 5.10 Å². The Kier molecular flexibility index (Phi) is 14.9. The highest BCUT2D eigenvalue weighted by molar-refractivity contribution is 5.89. The molecule has 0 atom stereocenters. The Morgan fingerprint density at radius 2 is 1.40 bits per heavy atom. The fourth-order valence-electron chi connectivity index (χ4n) is 5.10. The van der Waals surface area contributed by atoms with Crippen LogP contribution in [-0.2, 0) is 4.79 Å². The summed E-state index contributed by atoms with van der Waals surface area (Å²) in [6, 6.07) is 18.3. The second-order valence-electron chi connectivity index (χ2n) is 11.1. The minimum atomic E-state index is -0.0292. The number of hydrogen-bond donors (Lipinski definition) is 1. The molecule has 2 aromatic carbocycles. The SMILES string of the molecule is CCCCCCCCCCCCCCCCCC(=O)N/N=C/c1cn(-c2ccccc2)nc1-c1cccc(C)c1. The van der Waals surface area contributed by atoms with Crippen LogP contribution in [0.2, 0.25) is 0 Å². The van der Waals surface area contributed by atoms with Crippen molar-refractivity contribution in [1.29, 1.82) is 0 Å². The van der Waals surface area contributed by atoms with E-state index in [1.807, 2.05) is 47.3 Å². The van der Waals surface area contributed by atoms with Gasteiger partial charge >= 0.3 is 0 Å². The molecule has 0 aliphatic rings. The molecule has 0 saturated heterocycles. The van der Waals surface area contributed by atoms with Crippen molar-refractivity contribution in [2.45, 2.75) is 117 Å². The zero-order chi connectivity index (χ0) is 28.3. The summed E-state index contributed by atoms with van der Waals surface area (Å²) in [4.78, 5) is 12.3. The fraction of sp³-hybridized carbons (Fsp3) is 0.514. The van der Waals surface area contributed by atoms with Crippen LogP contribution < -0.4 is 5.43 Å². The number of para-hydroxylation sites is 1. The summed E-state index contributed by atoms with van der Waals surface area (Å²) >= 11 is 0. The van der Waals surface area contributed by atoms with Gasteiger partial charge in [0.15, 0.2) is 0 Å². The van der Waals surface area contributed by atoms with Crippen molar-refractivity contribution < 1.29 is 4.79 Å². The summed E-state index contributed by atoms with van der Waals surface area (Å²) in [7, 11) is 0. The van der Waals surface area contributed by atoms with Crippen LogP contribution >= 0.6 is 0 Å². The number of benzene rings is 2. The number of carbonyl (C=O) groups excluding carboxylic acids is 1. The molecule has 0 bridgehead atoms. The first kappa shape index (κ1) is 31.3. The van der Waals surface area contributed by atoms with Gasteiger partial charge in [0.1, 0.15) is 5.69 Å². The van der Waals surface area contributed by atoms with Gasteiger partial charge in [0.05, 0.1) is 11.9 Å². The number of rotatable bonds is 20. The largest absolute Gasteiger partial charge is 0.273 e. The van der Waals surface area contributed by atoms with E-state index in [0.29, 0.717) is 6.42 Å². The summed E-state index contributed by atoms with van der Waals surface area (Å²) in [6.07, 6.45) is 24.0. The first-order chi connectivity index (χ1) is 19.7. The van der Waals surface area contributed by atoms with Crippen molar-refractivity contribution in [3.63, 3.8) is 0 Å². The Labute approximate surface area is 242 Å². The van der Waals surface area contributed by atoms with Crippen molar-refractivity contribution in [1.82, 2.24) is 15.2 Å². The minimum Gasteiger partial charge on any atom is -0.273 e. The smallest absolute Gasteiger partial charge is 0.240 e. The molecule has 0 radical (unpaired) electrons. The topological polar surface area (TPSA) is 59.3 Å².